The fourth-order valence-electron chi connectivity index (χ4n) is 3.24. The van der Waals surface area contributed by atoms with E-state index in [4.69, 9.17) is 9.47 Å². The maximum absolute atomic E-state index is 13.2. The molecule has 1 amide bonds. The molecule has 9 heteroatoms. The number of halogens is 1. The van der Waals surface area contributed by atoms with Gasteiger partial charge >= 0.3 is 5.97 Å². The van der Waals surface area contributed by atoms with Crippen LogP contribution in [0.5, 0.6) is 5.75 Å². The first-order valence-electron chi connectivity index (χ1n) is 9.34. The minimum atomic E-state index is -0.508. The number of hydrogen-bond acceptors (Lipinski definition) is 6. The zero-order chi connectivity index (χ0) is 21.0. The predicted molar refractivity (Wildman–Crippen MR) is 102 cm³/mol. The third-order valence-corrected chi connectivity index (χ3v) is 4.79. The molecule has 0 aliphatic carbocycles. The lowest BCUT2D eigenvalue weighted by Crippen LogP contribution is -2.41. The molecule has 154 valence electrons. The second-order valence-corrected chi connectivity index (χ2v) is 6.61. The van der Waals surface area contributed by atoms with E-state index in [2.05, 4.69) is 5.10 Å². The summed E-state index contributed by atoms with van der Waals surface area (Å²) in [7, 11) is 1.35. The van der Waals surface area contributed by atoms with Crippen LogP contribution >= 0.6 is 0 Å². The van der Waals surface area contributed by atoms with Crippen LogP contribution in [-0.4, -0.2) is 53.4 Å². The third kappa shape index (κ3) is 4.44. The number of methoxy groups -OCH3 is 1. The van der Waals surface area contributed by atoms with Gasteiger partial charge in [0.25, 0.3) is 11.5 Å². The Balaban J connectivity index is 1.85. The maximum atomic E-state index is 13.2. The molecule has 1 saturated heterocycles. The highest BCUT2D eigenvalue weighted by atomic mass is 19.1. The smallest absolute Gasteiger partial charge is 0.309 e. The topological polar surface area (TPSA) is 90.7 Å². The number of benzene rings is 1. The first-order valence-corrected chi connectivity index (χ1v) is 9.34. The predicted octanol–water partition coefficient (Wildman–Crippen LogP) is 1.80. The van der Waals surface area contributed by atoms with Gasteiger partial charge in [0.2, 0.25) is 0 Å². The van der Waals surface area contributed by atoms with E-state index in [1.165, 1.54) is 37.4 Å². The summed E-state index contributed by atoms with van der Waals surface area (Å²) in [6, 6.07) is 6.38. The summed E-state index contributed by atoms with van der Waals surface area (Å²) in [5, 5.41) is 4.18. The normalized spacial score (nSPS) is 14.5. The fourth-order valence-corrected chi connectivity index (χ4v) is 3.24. The van der Waals surface area contributed by atoms with Gasteiger partial charge in [0.15, 0.2) is 11.4 Å². The molecule has 0 saturated carbocycles. The molecule has 0 unspecified atom stereocenters. The first kappa shape index (κ1) is 20.5. The number of amides is 1. The van der Waals surface area contributed by atoms with Gasteiger partial charge in [-0.1, -0.05) is 0 Å². The van der Waals surface area contributed by atoms with Crippen LogP contribution in [0, 0.1) is 11.7 Å². The minimum absolute atomic E-state index is 0.0222. The van der Waals surface area contributed by atoms with Crippen LogP contribution in [0.4, 0.5) is 4.39 Å². The van der Waals surface area contributed by atoms with Crippen molar-refractivity contribution in [3.63, 3.8) is 0 Å². The summed E-state index contributed by atoms with van der Waals surface area (Å²) in [6.45, 7) is 2.81. The van der Waals surface area contributed by atoms with E-state index in [9.17, 15) is 18.8 Å². The number of piperidine rings is 1. The molecule has 1 aliphatic rings. The van der Waals surface area contributed by atoms with Gasteiger partial charge in [-0.2, -0.15) is 9.78 Å². The molecule has 8 nitrogen and oxygen atoms in total. The average Bonchev–Trinajstić information content (AvgIpc) is 2.74. The van der Waals surface area contributed by atoms with Crippen molar-refractivity contribution in [2.75, 3.05) is 26.8 Å². The van der Waals surface area contributed by atoms with Crippen molar-refractivity contribution in [2.24, 2.45) is 5.92 Å². The molecular formula is C20H22FN3O5. The van der Waals surface area contributed by atoms with Gasteiger partial charge in [-0.3, -0.25) is 14.4 Å². The number of ether oxygens (including phenoxy) is 2. The Morgan fingerprint density at radius 1 is 1.21 bits per heavy atom. The molecule has 3 rings (SSSR count). The summed E-state index contributed by atoms with van der Waals surface area (Å²) in [5.41, 5.74) is -0.203. The van der Waals surface area contributed by atoms with Gasteiger partial charge < -0.3 is 14.4 Å². The van der Waals surface area contributed by atoms with Crippen LogP contribution < -0.4 is 10.3 Å². The van der Waals surface area contributed by atoms with E-state index in [-0.39, 0.29) is 23.3 Å². The molecule has 2 aromatic rings. The van der Waals surface area contributed by atoms with Gasteiger partial charge in [0.05, 0.1) is 31.4 Å². The zero-order valence-corrected chi connectivity index (χ0v) is 16.3. The summed E-state index contributed by atoms with van der Waals surface area (Å²) in [5.74, 6) is -1.27. The Morgan fingerprint density at radius 3 is 2.45 bits per heavy atom. The van der Waals surface area contributed by atoms with Crippen LogP contribution in [-0.2, 0) is 9.53 Å². The van der Waals surface area contributed by atoms with Gasteiger partial charge in [0, 0.05) is 13.1 Å². The molecule has 29 heavy (non-hydrogen) atoms. The van der Waals surface area contributed by atoms with Gasteiger partial charge in [-0.05, 0) is 44.0 Å². The number of aromatic nitrogens is 2. The Hall–Kier alpha value is -3.23. The van der Waals surface area contributed by atoms with Crippen molar-refractivity contribution in [3.05, 3.63) is 52.2 Å². The highest BCUT2D eigenvalue weighted by Crippen LogP contribution is 2.23. The van der Waals surface area contributed by atoms with Crippen molar-refractivity contribution in [3.8, 4) is 11.4 Å². The Bertz CT molecular complexity index is 950. The van der Waals surface area contributed by atoms with E-state index in [0.29, 0.717) is 38.2 Å². The van der Waals surface area contributed by atoms with Crippen molar-refractivity contribution >= 4 is 11.9 Å². The van der Waals surface area contributed by atoms with E-state index in [1.54, 1.807) is 11.8 Å². The second-order valence-electron chi connectivity index (χ2n) is 6.61. The second kappa shape index (κ2) is 8.85. The summed E-state index contributed by atoms with van der Waals surface area (Å²) < 4.78 is 24.4. The standard InChI is InChI=1S/C20H22FN3O5/c1-3-29-20(27)13-8-10-23(11-9-13)19(26)18-16(28-2)12-17(25)24(22-18)15-6-4-14(21)5-7-15/h4-7,12-13H,3,8-11H2,1-2H3. The number of rotatable bonds is 5. The summed E-state index contributed by atoms with van der Waals surface area (Å²) >= 11 is 0. The number of esters is 1. The Kier molecular flexibility index (Phi) is 6.26. The highest BCUT2D eigenvalue weighted by molar-refractivity contribution is 5.95. The largest absolute Gasteiger partial charge is 0.494 e. The monoisotopic (exact) mass is 403 g/mol. The van der Waals surface area contributed by atoms with E-state index in [1.807, 2.05) is 0 Å². The van der Waals surface area contributed by atoms with Crippen molar-refractivity contribution in [1.82, 2.24) is 14.7 Å². The number of carbonyl (C=O) groups is 2. The molecule has 0 N–H and O–H groups in total. The molecule has 1 fully saturated rings. The Morgan fingerprint density at radius 2 is 1.86 bits per heavy atom. The molecule has 0 bridgehead atoms. The molecule has 1 aromatic heterocycles. The van der Waals surface area contributed by atoms with Gasteiger partial charge in [-0.25, -0.2) is 4.39 Å². The highest BCUT2D eigenvalue weighted by Gasteiger charge is 2.31. The molecule has 0 atom stereocenters. The van der Waals surface area contributed by atoms with E-state index < -0.39 is 17.3 Å². The SMILES string of the molecule is CCOC(=O)C1CCN(C(=O)c2nn(-c3ccc(F)cc3)c(=O)cc2OC)CC1. The fraction of sp³-hybridized carbons (Fsp3) is 0.400. The molecule has 2 heterocycles. The van der Waals surface area contributed by atoms with E-state index in [0.717, 1.165) is 4.68 Å². The van der Waals surface area contributed by atoms with Crippen LogP contribution in [0.1, 0.15) is 30.3 Å². The average molecular weight is 403 g/mol. The number of carbonyl (C=O) groups excluding carboxylic acids is 2. The number of likely N-dealkylation sites (tertiary alicyclic amines) is 1. The number of hydrogen-bond donors (Lipinski definition) is 0. The molecule has 0 radical (unpaired) electrons. The lowest BCUT2D eigenvalue weighted by molar-refractivity contribution is -0.149. The van der Waals surface area contributed by atoms with Crippen molar-refractivity contribution < 1.29 is 23.5 Å². The molecule has 1 aromatic carbocycles. The van der Waals surface area contributed by atoms with Crippen LogP contribution in [0.25, 0.3) is 5.69 Å². The van der Waals surface area contributed by atoms with Gasteiger partial charge in [-0.15, -0.1) is 0 Å². The zero-order valence-electron chi connectivity index (χ0n) is 16.3. The first-order chi connectivity index (χ1) is 13.9. The van der Waals surface area contributed by atoms with Crippen LogP contribution in [0.3, 0.4) is 0 Å². The minimum Gasteiger partial charge on any atom is -0.494 e. The van der Waals surface area contributed by atoms with E-state index >= 15 is 0 Å². The maximum Gasteiger partial charge on any atom is 0.309 e. The molecule has 0 spiro atoms. The lowest BCUT2D eigenvalue weighted by Gasteiger charge is -2.30. The quantitative estimate of drug-likeness (QED) is 0.707. The van der Waals surface area contributed by atoms with Crippen LogP contribution in [0.2, 0.25) is 0 Å². The molecule has 1 aliphatic heterocycles. The summed E-state index contributed by atoms with van der Waals surface area (Å²) in [6.07, 6.45) is 0.981. The third-order valence-electron chi connectivity index (χ3n) is 4.79. The number of nitrogens with zero attached hydrogens (tertiary/aromatic N) is 3. The molecular weight excluding hydrogens is 381 g/mol. The van der Waals surface area contributed by atoms with Crippen molar-refractivity contribution in [1.29, 1.82) is 0 Å². The summed E-state index contributed by atoms with van der Waals surface area (Å²) in [4.78, 5) is 38.8. The Labute approximate surface area is 166 Å². The lowest BCUT2D eigenvalue weighted by atomic mass is 9.97. The van der Waals surface area contributed by atoms with Crippen molar-refractivity contribution in [2.45, 2.75) is 19.8 Å². The van der Waals surface area contributed by atoms with Gasteiger partial charge in [0.1, 0.15) is 5.82 Å². The van der Waals surface area contributed by atoms with Crippen LogP contribution in [0.15, 0.2) is 35.1 Å².